The molecule has 0 aliphatic carbocycles. The zero-order valence-electron chi connectivity index (χ0n) is 6.96. The normalized spacial score (nSPS) is 10.0. The van der Waals surface area contributed by atoms with Crippen LogP contribution in [0.4, 0.5) is 0 Å². The summed E-state index contributed by atoms with van der Waals surface area (Å²) in [4.78, 5) is 0. The van der Waals surface area contributed by atoms with Crippen molar-refractivity contribution in [1.29, 1.82) is 5.26 Å². The van der Waals surface area contributed by atoms with E-state index in [1.54, 1.807) is 14.2 Å². The van der Waals surface area contributed by atoms with Crippen LogP contribution in [-0.2, 0) is 9.47 Å². The van der Waals surface area contributed by atoms with Gasteiger partial charge in [-0.3, -0.25) is 5.32 Å². The lowest BCUT2D eigenvalue weighted by molar-refractivity contribution is 0.105. The number of rotatable bonds is 6. The smallest absolute Gasteiger partial charge is 0.0844 e. The molecule has 0 rings (SSSR count). The van der Waals surface area contributed by atoms with Crippen molar-refractivity contribution >= 4 is 0 Å². The average Bonchev–Trinajstić information content (AvgIpc) is 2.01. The molecule has 0 aromatic carbocycles. The fourth-order valence-corrected chi connectivity index (χ4v) is 0.758. The van der Waals surface area contributed by atoms with E-state index in [9.17, 15) is 0 Å². The van der Waals surface area contributed by atoms with Crippen LogP contribution in [0.15, 0.2) is 0 Å². The Kier molecular flexibility index (Phi) is 7.05. The Bertz CT molecular complexity index is 116. The molecule has 0 atom stereocenters. The molecule has 0 saturated carbocycles. The second-order valence-electron chi connectivity index (χ2n) is 2.15. The number of nitrogens with zero attached hydrogens (tertiary/aromatic N) is 1. The van der Waals surface area contributed by atoms with Gasteiger partial charge in [-0.25, -0.2) is 0 Å². The van der Waals surface area contributed by atoms with Gasteiger partial charge in [0.05, 0.1) is 31.9 Å². The highest BCUT2D eigenvalue weighted by Gasteiger charge is 2.05. The van der Waals surface area contributed by atoms with Gasteiger partial charge in [0.15, 0.2) is 0 Å². The van der Waals surface area contributed by atoms with E-state index in [-0.39, 0.29) is 6.04 Å². The molecule has 1 N–H and O–H groups in total. The van der Waals surface area contributed by atoms with Gasteiger partial charge in [-0.1, -0.05) is 0 Å². The largest absolute Gasteiger partial charge is 0.383 e. The molecule has 0 unspecified atom stereocenters. The molecule has 4 nitrogen and oxygen atoms in total. The van der Waals surface area contributed by atoms with Crippen molar-refractivity contribution in [2.45, 2.75) is 6.04 Å². The maximum Gasteiger partial charge on any atom is 0.0844 e. The van der Waals surface area contributed by atoms with E-state index < -0.39 is 0 Å². The average molecular weight is 158 g/mol. The van der Waals surface area contributed by atoms with Crippen LogP contribution in [0.2, 0.25) is 0 Å². The van der Waals surface area contributed by atoms with Crippen LogP contribution >= 0.6 is 0 Å². The number of hydrogen-bond donors (Lipinski definition) is 1. The molecule has 0 spiro atoms. The van der Waals surface area contributed by atoms with Crippen molar-refractivity contribution in [2.75, 3.05) is 34.0 Å². The summed E-state index contributed by atoms with van der Waals surface area (Å²) in [6.45, 7) is 1.46. The van der Waals surface area contributed by atoms with Gasteiger partial charge in [0.1, 0.15) is 0 Å². The Morgan fingerprint density at radius 2 is 1.91 bits per heavy atom. The number of nitriles is 1. The summed E-state index contributed by atoms with van der Waals surface area (Å²) >= 11 is 0. The van der Waals surface area contributed by atoms with Gasteiger partial charge in [-0.05, 0) is 0 Å². The summed E-state index contributed by atoms with van der Waals surface area (Å²) in [5, 5.41) is 11.2. The number of nitrogens with one attached hydrogen (secondary N) is 1. The van der Waals surface area contributed by atoms with Crippen LogP contribution in [0, 0.1) is 11.3 Å². The molecule has 0 aromatic rings. The summed E-state index contributed by atoms with van der Waals surface area (Å²) in [6, 6.07) is 2.11. The number of hydrogen-bond acceptors (Lipinski definition) is 4. The summed E-state index contributed by atoms with van der Waals surface area (Å²) in [5.41, 5.74) is 0. The van der Waals surface area contributed by atoms with Crippen molar-refractivity contribution in [3.8, 4) is 6.07 Å². The molecule has 0 aliphatic rings. The Labute approximate surface area is 67.1 Å². The summed E-state index contributed by atoms with van der Waals surface area (Å²) in [7, 11) is 3.24. The predicted octanol–water partition coefficient (Wildman–Crippen LogP) is -0.239. The Balaban J connectivity index is 3.44. The maximum absolute atomic E-state index is 8.26. The fourth-order valence-electron chi connectivity index (χ4n) is 0.758. The van der Waals surface area contributed by atoms with Gasteiger partial charge in [0.2, 0.25) is 0 Å². The molecule has 0 fully saturated rings. The molecule has 64 valence electrons. The second-order valence-corrected chi connectivity index (χ2v) is 2.15. The summed E-state index contributed by atoms with van der Waals surface area (Å²) in [5.74, 6) is 0. The molecular formula is C7H14N2O2. The molecule has 0 aliphatic heterocycles. The molecule has 0 aromatic heterocycles. The van der Waals surface area contributed by atoms with Gasteiger partial charge < -0.3 is 9.47 Å². The zero-order chi connectivity index (χ0) is 8.53. The van der Waals surface area contributed by atoms with Crippen LogP contribution in [0.25, 0.3) is 0 Å². The lowest BCUT2D eigenvalue weighted by Gasteiger charge is -2.14. The quantitative estimate of drug-likeness (QED) is 0.542. The van der Waals surface area contributed by atoms with Crippen LogP contribution < -0.4 is 5.32 Å². The van der Waals surface area contributed by atoms with Crippen molar-refractivity contribution in [3.05, 3.63) is 0 Å². The molecule has 0 saturated heterocycles. The summed E-state index contributed by atoms with van der Waals surface area (Å²) in [6.07, 6.45) is 0. The fraction of sp³-hybridized carbons (Fsp3) is 0.857. The lowest BCUT2D eigenvalue weighted by atomic mass is 10.3. The van der Waals surface area contributed by atoms with Gasteiger partial charge in [0, 0.05) is 14.2 Å². The van der Waals surface area contributed by atoms with E-state index in [0.29, 0.717) is 19.8 Å². The lowest BCUT2D eigenvalue weighted by Crippen LogP contribution is -2.37. The third-order valence-electron chi connectivity index (χ3n) is 1.21. The van der Waals surface area contributed by atoms with Crippen LogP contribution in [0.5, 0.6) is 0 Å². The van der Waals surface area contributed by atoms with Crippen molar-refractivity contribution < 1.29 is 9.47 Å². The van der Waals surface area contributed by atoms with E-state index in [4.69, 9.17) is 14.7 Å². The third kappa shape index (κ3) is 5.80. The molecule has 0 bridgehead atoms. The van der Waals surface area contributed by atoms with E-state index in [2.05, 4.69) is 5.32 Å². The minimum atomic E-state index is 0.115. The van der Waals surface area contributed by atoms with Gasteiger partial charge in [-0.15, -0.1) is 0 Å². The molecule has 0 amide bonds. The minimum Gasteiger partial charge on any atom is -0.383 e. The molecule has 0 heterocycles. The van der Waals surface area contributed by atoms with E-state index in [1.165, 1.54) is 0 Å². The third-order valence-corrected chi connectivity index (χ3v) is 1.21. The molecule has 0 radical (unpaired) electrons. The highest BCUT2D eigenvalue weighted by molar-refractivity contribution is 4.77. The first-order chi connectivity index (χ1) is 5.35. The standard InChI is InChI=1S/C7H14N2O2/c1-10-5-7(6-11-2)9-4-3-8/h7,9H,4-6H2,1-2H3. The van der Waals surface area contributed by atoms with Gasteiger partial charge >= 0.3 is 0 Å². The predicted molar refractivity (Wildman–Crippen MR) is 41.2 cm³/mol. The monoisotopic (exact) mass is 158 g/mol. The Morgan fingerprint density at radius 1 is 1.36 bits per heavy atom. The number of ether oxygens (including phenoxy) is 2. The topological polar surface area (TPSA) is 54.3 Å². The summed E-state index contributed by atoms with van der Waals surface area (Å²) < 4.78 is 9.80. The van der Waals surface area contributed by atoms with E-state index in [1.807, 2.05) is 6.07 Å². The van der Waals surface area contributed by atoms with Crippen molar-refractivity contribution in [1.82, 2.24) is 5.32 Å². The first kappa shape index (κ1) is 10.4. The Hall–Kier alpha value is -0.630. The minimum absolute atomic E-state index is 0.115. The van der Waals surface area contributed by atoms with Crippen molar-refractivity contribution in [3.63, 3.8) is 0 Å². The van der Waals surface area contributed by atoms with E-state index in [0.717, 1.165) is 0 Å². The van der Waals surface area contributed by atoms with E-state index >= 15 is 0 Å². The van der Waals surface area contributed by atoms with Crippen LogP contribution in [0.1, 0.15) is 0 Å². The van der Waals surface area contributed by atoms with Crippen LogP contribution in [-0.4, -0.2) is 40.0 Å². The molecular weight excluding hydrogens is 144 g/mol. The van der Waals surface area contributed by atoms with Gasteiger partial charge in [-0.2, -0.15) is 5.26 Å². The molecule has 11 heavy (non-hydrogen) atoms. The highest BCUT2D eigenvalue weighted by atomic mass is 16.5. The zero-order valence-corrected chi connectivity index (χ0v) is 6.96. The number of methoxy groups -OCH3 is 2. The van der Waals surface area contributed by atoms with Crippen LogP contribution in [0.3, 0.4) is 0 Å². The Morgan fingerprint density at radius 3 is 2.27 bits per heavy atom. The highest BCUT2D eigenvalue weighted by Crippen LogP contribution is 1.84. The molecule has 4 heteroatoms. The van der Waals surface area contributed by atoms with Crippen molar-refractivity contribution in [2.24, 2.45) is 0 Å². The maximum atomic E-state index is 8.26. The first-order valence-corrected chi connectivity index (χ1v) is 3.43. The first-order valence-electron chi connectivity index (χ1n) is 3.43. The SMILES string of the molecule is COCC(COC)NCC#N. The van der Waals surface area contributed by atoms with Gasteiger partial charge in [0.25, 0.3) is 0 Å². The second kappa shape index (κ2) is 7.48.